The lowest BCUT2D eigenvalue weighted by molar-refractivity contribution is 0.228. The normalized spacial score (nSPS) is 20.4. The lowest BCUT2D eigenvalue weighted by Gasteiger charge is -2.31. The highest BCUT2D eigenvalue weighted by Crippen LogP contribution is 2.23. The van der Waals surface area contributed by atoms with Crippen molar-refractivity contribution in [2.45, 2.75) is 4.90 Å². The van der Waals surface area contributed by atoms with Gasteiger partial charge in [-0.1, -0.05) is 11.6 Å². The van der Waals surface area contributed by atoms with Crippen molar-refractivity contribution in [1.82, 2.24) is 14.2 Å². The predicted octanol–water partition coefficient (Wildman–Crippen LogP) is 1.77. The Balaban J connectivity index is 2.16. The molecule has 0 bridgehead atoms. The predicted molar refractivity (Wildman–Crippen MR) is 72.4 cm³/mol. The fourth-order valence-corrected chi connectivity index (χ4v) is 3.60. The molecule has 1 fully saturated rings. The van der Waals surface area contributed by atoms with E-state index in [1.165, 1.54) is 0 Å². The van der Waals surface area contributed by atoms with Crippen molar-refractivity contribution in [2.24, 2.45) is 0 Å². The molecule has 0 radical (unpaired) electrons. The summed E-state index contributed by atoms with van der Waals surface area (Å²) in [5.41, 5.74) is 0. The Morgan fingerprint density at radius 1 is 1.41 bits per heavy atom. The minimum absolute atomic E-state index is 0.311. The number of hydrogen-bond acceptors (Lipinski definition) is 3. The third kappa shape index (κ3) is 3.26. The molecule has 1 aromatic rings. The molecular weight excluding hydrogens is 326 g/mol. The molecule has 0 N–H and O–H groups in total. The van der Waals surface area contributed by atoms with Crippen molar-refractivity contribution in [1.29, 1.82) is 0 Å². The smallest absolute Gasteiger partial charge is 0.146 e. The summed E-state index contributed by atoms with van der Waals surface area (Å²) in [4.78, 5) is 6.79. The number of pyridine rings is 1. The number of hydrogen-bond donors (Lipinski definition) is 0. The summed E-state index contributed by atoms with van der Waals surface area (Å²) >= 11 is 9.29. The van der Waals surface area contributed by atoms with Crippen LogP contribution in [0, 0.1) is 0 Å². The van der Waals surface area contributed by atoms with Gasteiger partial charge in [0.25, 0.3) is 0 Å². The average Bonchev–Trinajstić information content (AvgIpc) is 2.32. The van der Waals surface area contributed by atoms with Gasteiger partial charge in [-0.3, -0.25) is 0 Å². The number of rotatable bonds is 2. The topological polar surface area (TPSA) is 36.4 Å². The van der Waals surface area contributed by atoms with Crippen molar-refractivity contribution < 1.29 is 4.21 Å². The van der Waals surface area contributed by atoms with Crippen LogP contribution in [-0.4, -0.2) is 51.6 Å². The standard InChI is InChI=1S/C10H13BrClN3OS/c1-14-2-4-15(5-3-14)17(16)9-6-8(11)7-13-10(9)12/h6-7H,2-5H2,1H3. The molecule has 17 heavy (non-hydrogen) atoms. The highest BCUT2D eigenvalue weighted by atomic mass is 79.9. The zero-order chi connectivity index (χ0) is 12.4. The van der Waals surface area contributed by atoms with E-state index in [1.54, 1.807) is 12.3 Å². The maximum atomic E-state index is 12.4. The van der Waals surface area contributed by atoms with Gasteiger partial charge >= 0.3 is 0 Å². The first kappa shape index (κ1) is 13.4. The molecule has 7 heteroatoms. The summed E-state index contributed by atoms with van der Waals surface area (Å²) in [6, 6.07) is 1.77. The van der Waals surface area contributed by atoms with Gasteiger partial charge in [-0.15, -0.1) is 0 Å². The zero-order valence-corrected chi connectivity index (χ0v) is 12.6. The second kappa shape index (κ2) is 5.75. The van der Waals surface area contributed by atoms with Crippen LogP contribution in [0.1, 0.15) is 0 Å². The van der Waals surface area contributed by atoms with E-state index in [0.717, 1.165) is 30.7 Å². The van der Waals surface area contributed by atoms with Crippen LogP contribution in [0.25, 0.3) is 0 Å². The monoisotopic (exact) mass is 337 g/mol. The molecule has 1 aliphatic rings. The molecule has 1 aliphatic heterocycles. The Bertz CT molecular complexity index is 438. The van der Waals surface area contributed by atoms with Crippen molar-refractivity contribution in [3.8, 4) is 0 Å². The van der Waals surface area contributed by atoms with Crippen LogP contribution in [-0.2, 0) is 11.0 Å². The second-order valence-corrected chi connectivity index (χ2v) is 6.65. The summed E-state index contributed by atoms with van der Waals surface area (Å²) in [6.45, 7) is 3.41. The van der Waals surface area contributed by atoms with E-state index < -0.39 is 11.0 Å². The Morgan fingerprint density at radius 2 is 2.06 bits per heavy atom. The van der Waals surface area contributed by atoms with E-state index in [4.69, 9.17) is 11.6 Å². The first-order valence-corrected chi connectivity index (χ1v) is 7.52. The highest BCUT2D eigenvalue weighted by molar-refractivity contribution is 9.10. The molecule has 0 aliphatic carbocycles. The van der Waals surface area contributed by atoms with Crippen LogP contribution in [0.2, 0.25) is 5.15 Å². The third-order valence-corrected chi connectivity index (χ3v) is 5.03. The first-order valence-electron chi connectivity index (χ1n) is 5.24. The molecule has 1 aromatic heterocycles. The summed E-state index contributed by atoms with van der Waals surface area (Å²) in [6.07, 6.45) is 1.60. The minimum Gasteiger partial charge on any atom is -0.304 e. The van der Waals surface area contributed by atoms with E-state index in [9.17, 15) is 4.21 Å². The SMILES string of the molecule is CN1CCN(S(=O)c2cc(Br)cnc2Cl)CC1. The largest absolute Gasteiger partial charge is 0.304 e. The van der Waals surface area contributed by atoms with Crippen molar-refractivity contribution >= 4 is 38.5 Å². The van der Waals surface area contributed by atoms with Gasteiger partial charge in [0, 0.05) is 36.8 Å². The summed E-state index contributed by atoms with van der Waals surface area (Å²) in [5.74, 6) is 0. The first-order chi connectivity index (χ1) is 8.08. The number of likely N-dealkylation sites (N-methyl/N-ethyl adjacent to an activating group) is 1. The molecule has 1 unspecified atom stereocenters. The summed E-state index contributed by atoms with van der Waals surface area (Å²) in [5, 5.41) is 0.311. The van der Waals surface area contributed by atoms with Crippen LogP contribution in [0.3, 0.4) is 0 Å². The fourth-order valence-electron chi connectivity index (χ4n) is 1.62. The van der Waals surface area contributed by atoms with Crippen LogP contribution in [0.15, 0.2) is 21.6 Å². The van der Waals surface area contributed by atoms with E-state index in [0.29, 0.717) is 10.0 Å². The van der Waals surface area contributed by atoms with Crippen molar-refractivity contribution in [3.05, 3.63) is 21.9 Å². The molecule has 1 saturated heterocycles. The molecule has 4 nitrogen and oxygen atoms in total. The zero-order valence-electron chi connectivity index (χ0n) is 9.40. The van der Waals surface area contributed by atoms with Crippen molar-refractivity contribution in [2.75, 3.05) is 33.2 Å². The fraction of sp³-hybridized carbons (Fsp3) is 0.500. The molecule has 0 saturated carbocycles. The van der Waals surface area contributed by atoms with Gasteiger partial charge in [-0.05, 0) is 29.0 Å². The lowest BCUT2D eigenvalue weighted by atomic mass is 10.4. The molecular formula is C10H13BrClN3OS. The van der Waals surface area contributed by atoms with E-state index >= 15 is 0 Å². The Hall–Kier alpha value is -0.0100. The average molecular weight is 339 g/mol. The van der Waals surface area contributed by atoms with Gasteiger partial charge in [0.05, 0.1) is 4.90 Å². The minimum atomic E-state index is -1.22. The quantitative estimate of drug-likeness (QED) is 0.771. The number of nitrogens with zero attached hydrogens (tertiary/aromatic N) is 3. The van der Waals surface area contributed by atoms with E-state index in [-0.39, 0.29) is 0 Å². The Kier molecular flexibility index (Phi) is 4.54. The molecule has 94 valence electrons. The summed E-state index contributed by atoms with van der Waals surface area (Å²) < 4.78 is 15.1. The van der Waals surface area contributed by atoms with E-state index in [1.807, 2.05) is 4.31 Å². The van der Waals surface area contributed by atoms with Crippen molar-refractivity contribution in [3.63, 3.8) is 0 Å². The van der Waals surface area contributed by atoms with Gasteiger partial charge < -0.3 is 4.90 Å². The number of piperazine rings is 1. The molecule has 1 atom stereocenters. The van der Waals surface area contributed by atoms with Gasteiger partial charge in [-0.25, -0.2) is 13.5 Å². The van der Waals surface area contributed by atoms with Crippen LogP contribution < -0.4 is 0 Å². The molecule has 2 heterocycles. The molecule has 2 rings (SSSR count). The molecule has 0 aromatic carbocycles. The highest BCUT2D eigenvalue weighted by Gasteiger charge is 2.22. The summed E-state index contributed by atoms with van der Waals surface area (Å²) in [7, 11) is 0.839. The van der Waals surface area contributed by atoms with E-state index in [2.05, 4.69) is 32.9 Å². The van der Waals surface area contributed by atoms with Gasteiger partial charge in [0.1, 0.15) is 16.1 Å². The maximum Gasteiger partial charge on any atom is 0.146 e. The maximum absolute atomic E-state index is 12.4. The second-order valence-electron chi connectivity index (χ2n) is 3.92. The van der Waals surface area contributed by atoms with Gasteiger partial charge in [0.15, 0.2) is 0 Å². The van der Waals surface area contributed by atoms with Crippen LogP contribution >= 0.6 is 27.5 Å². The Labute approximate surface area is 117 Å². The third-order valence-electron chi connectivity index (χ3n) is 2.66. The van der Waals surface area contributed by atoms with Gasteiger partial charge in [-0.2, -0.15) is 0 Å². The number of aromatic nitrogens is 1. The van der Waals surface area contributed by atoms with Crippen LogP contribution in [0.5, 0.6) is 0 Å². The lowest BCUT2D eigenvalue weighted by Crippen LogP contribution is -2.45. The number of halogens is 2. The van der Waals surface area contributed by atoms with Crippen LogP contribution in [0.4, 0.5) is 0 Å². The van der Waals surface area contributed by atoms with Gasteiger partial charge in [0.2, 0.25) is 0 Å². The Morgan fingerprint density at radius 3 is 2.71 bits per heavy atom. The molecule has 0 amide bonds. The molecule has 0 spiro atoms.